The highest BCUT2D eigenvalue weighted by Crippen LogP contribution is 2.36. The molecule has 1 aromatic carbocycles. The Morgan fingerprint density at radius 2 is 2.12 bits per heavy atom. The van der Waals surface area contributed by atoms with Gasteiger partial charge in [-0.3, -0.25) is 0 Å². The number of carbonyl (C=O) groups is 1. The van der Waals surface area contributed by atoms with Crippen molar-refractivity contribution in [1.82, 2.24) is 25.4 Å². The smallest absolute Gasteiger partial charge is 0.315 e. The quantitative estimate of drug-likeness (QED) is 0.863. The van der Waals surface area contributed by atoms with Crippen LogP contribution in [0.5, 0.6) is 11.5 Å². The van der Waals surface area contributed by atoms with E-state index in [0.717, 1.165) is 17.1 Å². The van der Waals surface area contributed by atoms with Gasteiger partial charge in [0.25, 0.3) is 0 Å². The minimum absolute atomic E-state index is 0.235. The molecule has 1 aromatic heterocycles. The Bertz CT molecular complexity index is 771. The number of hydrogen-bond donors (Lipinski definition) is 2. The molecule has 2 amide bonds. The zero-order valence-corrected chi connectivity index (χ0v) is 14.9. The van der Waals surface area contributed by atoms with Gasteiger partial charge in [0.1, 0.15) is 6.33 Å². The third-order valence-electron chi connectivity index (χ3n) is 4.33. The number of aromatic nitrogens is 3. The molecule has 8 heteroatoms. The molecule has 0 bridgehead atoms. The zero-order valence-electron chi connectivity index (χ0n) is 14.9. The lowest BCUT2D eigenvalue weighted by Crippen LogP contribution is -2.43. The number of aryl methyl sites for hydroxylation is 1. The van der Waals surface area contributed by atoms with Crippen LogP contribution in [0.1, 0.15) is 38.2 Å². The first-order valence-corrected chi connectivity index (χ1v) is 8.15. The average molecular weight is 345 g/mol. The van der Waals surface area contributed by atoms with Crippen LogP contribution in [-0.2, 0) is 12.5 Å². The Hall–Kier alpha value is -2.77. The number of amides is 2. The Kier molecular flexibility index (Phi) is 4.52. The van der Waals surface area contributed by atoms with E-state index in [2.05, 4.69) is 34.7 Å². The first-order valence-electron chi connectivity index (χ1n) is 8.15. The van der Waals surface area contributed by atoms with Gasteiger partial charge < -0.3 is 24.7 Å². The molecule has 134 valence electrons. The molecule has 0 saturated carbocycles. The van der Waals surface area contributed by atoms with Gasteiger partial charge in [-0.2, -0.15) is 0 Å². The summed E-state index contributed by atoms with van der Waals surface area (Å²) in [5, 5.41) is 13.6. The second kappa shape index (κ2) is 6.62. The number of hydrogen-bond acceptors (Lipinski definition) is 5. The molecule has 2 heterocycles. The second-order valence-corrected chi connectivity index (χ2v) is 6.80. The van der Waals surface area contributed by atoms with Crippen molar-refractivity contribution in [3.05, 3.63) is 35.9 Å². The van der Waals surface area contributed by atoms with Crippen molar-refractivity contribution in [3.63, 3.8) is 0 Å². The number of benzene rings is 1. The van der Waals surface area contributed by atoms with E-state index < -0.39 is 0 Å². The van der Waals surface area contributed by atoms with Crippen molar-refractivity contribution in [1.29, 1.82) is 0 Å². The number of rotatable bonds is 5. The fourth-order valence-corrected chi connectivity index (χ4v) is 2.72. The molecule has 2 aromatic rings. The van der Waals surface area contributed by atoms with E-state index >= 15 is 0 Å². The third kappa shape index (κ3) is 3.67. The fraction of sp³-hybridized carbons (Fsp3) is 0.471. The van der Waals surface area contributed by atoms with E-state index in [1.165, 1.54) is 0 Å². The number of nitrogens with one attached hydrogen (secondary N) is 2. The lowest BCUT2D eigenvalue weighted by atomic mass is 9.84. The molecule has 25 heavy (non-hydrogen) atoms. The van der Waals surface area contributed by atoms with Gasteiger partial charge in [-0.05, 0) is 24.6 Å². The van der Waals surface area contributed by atoms with Gasteiger partial charge in [0.15, 0.2) is 17.3 Å². The summed E-state index contributed by atoms with van der Waals surface area (Å²) in [7, 11) is 1.84. The summed E-state index contributed by atoms with van der Waals surface area (Å²) in [6.45, 7) is 6.73. The molecule has 0 aliphatic carbocycles. The van der Waals surface area contributed by atoms with E-state index in [4.69, 9.17) is 9.47 Å². The molecule has 1 atom stereocenters. The zero-order chi connectivity index (χ0) is 18.0. The first-order chi connectivity index (χ1) is 11.9. The van der Waals surface area contributed by atoms with E-state index in [9.17, 15) is 4.79 Å². The predicted molar refractivity (Wildman–Crippen MR) is 91.5 cm³/mol. The number of nitrogens with zero attached hydrogens (tertiary/aromatic N) is 3. The van der Waals surface area contributed by atoms with Crippen LogP contribution in [0.2, 0.25) is 0 Å². The summed E-state index contributed by atoms with van der Waals surface area (Å²) in [5.41, 5.74) is 0.810. The van der Waals surface area contributed by atoms with Crippen molar-refractivity contribution in [2.45, 2.75) is 32.2 Å². The predicted octanol–water partition coefficient (Wildman–Crippen LogP) is 1.88. The fourth-order valence-electron chi connectivity index (χ4n) is 2.72. The molecule has 8 nitrogen and oxygen atoms in total. The Morgan fingerprint density at radius 3 is 2.84 bits per heavy atom. The van der Waals surface area contributed by atoms with Gasteiger partial charge in [0.2, 0.25) is 6.79 Å². The number of carbonyl (C=O) groups excluding carboxylic acids is 1. The van der Waals surface area contributed by atoms with Crippen LogP contribution >= 0.6 is 0 Å². The van der Waals surface area contributed by atoms with Crippen molar-refractivity contribution < 1.29 is 14.3 Å². The molecule has 0 saturated heterocycles. The molecular weight excluding hydrogens is 322 g/mol. The monoisotopic (exact) mass is 345 g/mol. The highest BCUT2D eigenvalue weighted by molar-refractivity contribution is 5.74. The van der Waals surface area contributed by atoms with Crippen LogP contribution in [0.4, 0.5) is 4.79 Å². The Labute approximate surface area is 146 Å². The largest absolute Gasteiger partial charge is 0.454 e. The van der Waals surface area contributed by atoms with Crippen LogP contribution in [0, 0.1) is 0 Å². The van der Waals surface area contributed by atoms with Crippen LogP contribution in [-0.4, -0.2) is 34.1 Å². The standard InChI is InChI=1S/C17H23N5O3/c1-11(15-21-19-9-22(15)4)20-16(23)18-8-17(2,3)12-5-6-13-14(7-12)25-10-24-13/h5-7,9,11H,8,10H2,1-4H3,(H2,18,20,23). The summed E-state index contributed by atoms with van der Waals surface area (Å²) < 4.78 is 12.5. The Morgan fingerprint density at radius 1 is 1.36 bits per heavy atom. The number of urea groups is 1. The van der Waals surface area contributed by atoms with Gasteiger partial charge in [-0.1, -0.05) is 19.9 Å². The molecule has 3 rings (SSSR count). The molecule has 2 N–H and O–H groups in total. The summed E-state index contributed by atoms with van der Waals surface area (Å²) in [6, 6.07) is 5.38. The van der Waals surface area contributed by atoms with Crippen molar-refractivity contribution >= 4 is 6.03 Å². The van der Waals surface area contributed by atoms with E-state index in [1.807, 2.05) is 32.2 Å². The van der Waals surface area contributed by atoms with Crippen molar-refractivity contribution in [3.8, 4) is 11.5 Å². The third-order valence-corrected chi connectivity index (χ3v) is 4.33. The van der Waals surface area contributed by atoms with Crippen molar-refractivity contribution in [2.75, 3.05) is 13.3 Å². The minimum Gasteiger partial charge on any atom is -0.454 e. The highest BCUT2D eigenvalue weighted by atomic mass is 16.7. The van der Waals surface area contributed by atoms with Gasteiger partial charge in [0, 0.05) is 19.0 Å². The molecular formula is C17H23N5O3. The number of fused-ring (bicyclic) bond motifs is 1. The maximum atomic E-state index is 12.2. The van der Waals surface area contributed by atoms with E-state index in [1.54, 1.807) is 10.9 Å². The maximum absolute atomic E-state index is 12.2. The van der Waals surface area contributed by atoms with Crippen LogP contribution in [0.3, 0.4) is 0 Å². The number of ether oxygens (including phenoxy) is 2. The summed E-state index contributed by atoms with van der Waals surface area (Å²) >= 11 is 0. The molecule has 0 spiro atoms. The molecule has 0 radical (unpaired) electrons. The SMILES string of the molecule is CC(NC(=O)NCC(C)(C)c1ccc2c(c1)OCO2)c1nncn1C. The van der Waals surface area contributed by atoms with Crippen molar-refractivity contribution in [2.24, 2.45) is 7.05 Å². The molecule has 1 aliphatic heterocycles. The first kappa shape index (κ1) is 17.1. The lowest BCUT2D eigenvalue weighted by molar-refractivity contribution is 0.174. The lowest BCUT2D eigenvalue weighted by Gasteiger charge is -2.26. The average Bonchev–Trinajstić information content (AvgIpc) is 3.20. The van der Waals surface area contributed by atoms with Gasteiger partial charge in [-0.15, -0.1) is 10.2 Å². The van der Waals surface area contributed by atoms with Gasteiger partial charge in [0.05, 0.1) is 6.04 Å². The maximum Gasteiger partial charge on any atom is 0.315 e. The summed E-state index contributed by atoms with van der Waals surface area (Å²) in [5.74, 6) is 2.19. The topological polar surface area (TPSA) is 90.3 Å². The van der Waals surface area contributed by atoms with E-state index in [-0.39, 0.29) is 24.3 Å². The van der Waals surface area contributed by atoms with Crippen LogP contribution in [0.25, 0.3) is 0 Å². The highest BCUT2D eigenvalue weighted by Gasteiger charge is 2.25. The molecule has 1 aliphatic rings. The van der Waals surface area contributed by atoms with Crippen LogP contribution < -0.4 is 20.1 Å². The van der Waals surface area contributed by atoms with Gasteiger partial charge in [-0.25, -0.2) is 4.79 Å². The van der Waals surface area contributed by atoms with Gasteiger partial charge >= 0.3 is 6.03 Å². The summed E-state index contributed by atoms with van der Waals surface area (Å²) in [6.07, 6.45) is 1.61. The molecule has 1 unspecified atom stereocenters. The molecule has 0 fully saturated rings. The normalized spacial score (nSPS) is 14.2. The second-order valence-electron chi connectivity index (χ2n) is 6.80. The minimum atomic E-state index is -0.258. The summed E-state index contributed by atoms with van der Waals surface area (Å²) in [4.78, 5) is 12.2. The van der Waals surface area contributed by atoms with E-state index in [0.29, 0.717) is 12.4 Å². The van der Waals surface area contributed by atoms with Crippen LogP contribution in [0.15, 0.2) is 24.5 Å². The Balaban J connectivity index is 1.58.